The van der Waals surface area contributed by atoms with Crippen LogP contribution in [0.2, 0.25) is 0 Å². The first-order valence-corrected chi connectivity index (χ1v) is 5.96. The fraction of sp³-hybridized carbons (Fsp3) is 0.667. The van der Waals surface area contributed by atoms with E-state index in [1.54, 1.807) is 0 Å². The number of anilines is 1. The highest BCUT2D eigenvalue weighted by atomic mass is 15.3. The summed E-state index contributed by atoms with van der Waals surface area (Å²) in [7, 11) is 0. The molecule has 2 rings (SSSR count). The summed E-state index contributed by atoms with van der Waals surface area (Å²) >= 11 is 0. The number of nitrogens with zero attached hydrogens (tertiary/aromatic N) is 3. The summed E-state index contributed by atoms with van der Waals surface area (Å²) in [6.45, 7) is 6.42. The fourth-order valence-corrected chi connectivity index (χ4v) is 2.11. The predicted octanol–water partition coefficient (Wildman–Crippen LogP) is 1.21. The van der Waals surface area contributed by atoms with Crippen molar-refractivity contribution in [1.82, 2.24) is 9.97 Å². The molecule has 1 fully saturated rings. The number of rotatable bonds is 3. The normalized spacial score (nSPS) is 22.4. The van der Waals surface area contributed by atoms with Crippen LogP contribution >= 0.6 is 0 Å². The zero-order valence-corrected chi connectivity index (χ0v) is 10.1. The molecule has 0 radical (unpaired) electrons. The number of hydrogen-bond acceptors (Lipinski definition) is 4. The minimum atomic E-state index is 0.168. The SMILES string of the molecule is CC(N)Cc1cnc(N2CCC(C)C2)nc1. The molecular formula is C12H20N4. The van der Waals surface area contributed by atoms with Gasteiger partial charge in [-0.2, -0.15) is 0 Å². The van der Waals surface area contributed by atoms with Crippen LogP contribution in [0.15, 0.2) is 12.4 Å². The molecule has 88 valence electrons. The van der Waals surface area contributed by atoms with Crippen LogP contribution in [-0.4, -0.2) is 29.1 Å². The lowest BCUT2D eigenvalue weighted by atomic mass is 10.1. The Morgan fingerprint density at radius 3 is 2.69 bits per heavy atom. The minimum absolute atomic E-state index is 0.168. The van der Waals surface area contributed by atoms with Gasteiger partial charge in [0, 0.05) is 31.5 Å². The van der Waals surface area contributed by atoms with E-state index in [0.29, 0.717) is 0 Å². The molecule has 2 unspecified atom stereocenters. The molecule has 1 aliphatic heterocycles. The second kappa shape index (κ2) is 4.78. The van der Waals surface area contributed by atoms with Crippen molar-refractivity contribution < 1.29 is 0 Å². The van der Waals surface area contributed by atoms with Gasteiger partial charge in [0.1, 0.15) is 0 Å². The van der Waals surface area contributed by atoms with Crippen LogP contribution in [0.25, 0.3) is 0 Å². The van der Waals surface area contributed by atoms with Crippen molar-refractivity contribution in [3.05, 3.63) is 18.0 Å². The van der Waals surface area contributed by atoms with Crippen molar-refractivity contribution in [2.75, 3.05) is 18.0 Å². The molecule has 1 aromatic rings. The van der Waals surface area contributed by atoms with Crippen molar-refractivity contribution in [3.8, 4) is 0 Å². The quantitative estimate of drug-likeness (QED) is 0.832. The summed E-state index contributed by atoms with van der Waals surface area (Å²) in [5.41, 5.74) is 6.85. The maximum atomic E-state index is 5.74. The van der Waals surface area contributed by atoms with Gasteiger partial charge in [-0.25, -0.2) is 9.97 Å². The van der Waals surface area contributed by atoms with Gasteiger partial charge in [-0.15, -0.1) is 0 Å². The standard InChI is InChI=1S/C12H20N4/c1-9-3-4-16(8-9)12-14-6-11(7-15-12)5-10(2)13/h6-7,9-10H,3-5,8,13H2,1-2H3. The van der Waals surface area contributed by atoms with Crippen molar-refractivity contribution in [2.24, 2.45) is 11.7 Å². The first-order chi connectivity index (χ1) is 7.65. The third kappa shape index (κ3) is 2.70. The van der Waals surface area contributed by atoms with E-state index in [1.807, 2.05) is 19.3 Å². The van der Waals surface area contributed by atoms with E-state index in [0.717, 1.165) is 36.9 Å². The topological polar surface area (TPSA) is 55.0 Å². The number of hydrogen-bond donors (Lipinski definition) is 1. The second-order valence-corrected chi connectivity index (χ2v) is 4.91. The molecule has 0 amide bonds. The van der Waals surface area contributed by atoms with Crippen molar-refractivity contribution in [2.45, 2.75) is 32.7 Å². The highest BCUT2D eigenvalue weighted by Crippen LogP contribution is 2.19. The Kier molecular flexibility index (Phi) is 3.39. The Balaban J connectivity index is 2.02. The lowest BCUT2D eigenvalue weighted by molar-refractivity contribution is 0.658. The van der Waals surface area contributed by atoms with Crippen LogP contribution in [0.1, 0.15) is 25.8 Å². The van der Waals surface area contributed by atoms with E-state index in [9.17, 15) is 0 Å². The molecule has 0 aliphatic carbocycles. The van der Waals surface area contributed by atoms with Crippen LogP contribution in [0.4, 0.5) is 5.95 Å². The average Bonchev–Trinajstić information content (AvgIpc) is 2.65. The van der Waals surface area contributed by atoms with Crippen LogP contribution in [0.5, 0.6) is 0 Å². The molecule has 4 nitrogen and oxygen atoms in total. The van der Waals surface area contributed by atoms with E-state index in [2.05, 4.69) is 21.8 Å². The smallest absolute Gasteiger partial charge is 0.225 e. The zero-order valence-electron chi connectivity index (χ0n) is 10.1. The minimum Gasteiger partial charge on any atom is -0.341 e. The molecular weight excluding hydrogens is 200 g/mol. The van der Waals surface area contributed by atoms with Gasteiger partial charge in [0.25, 0.3) is 0 Å². The molecule has 1 aliphatic rings. The maximum absolute atomic E-state index is 5.74. The summed E-state index contributed by atoms with van der Waals surface area (Å²) in [5, 5.41) is 0. The first kappa shape index (κ1) is 11.3. The molecule has 0 spiro atoms. The lowest BCUT2D eigenvalue weighted by Crippen LogP contribution is -2.22. The van der Waals surface area contributed by atoms with Gasteiger partial charge < -0.3 is 10.6 Å². The molecule has 2 N–H and O–H groups in total. The second-order valence-electron chi connectivity index (χ2n) is 4.91. The molecule has 2 heterocycles. The van der Waals surface area contributed by atoms with E-state index in [1.165, 1.54) is 6.42 Å². The highest BCUT2D eigenvalue weighted by Gasteiger charge is 2.20. The van der Waals surface area contributed by atoms with Crippen LogP contribution in [0.3, 0.4) is 0 Å². The van der Waals surface area contributed by atoms with Gasteiger partial charge in [-0.1, -0.05) is 6.92 Å². The third-order valence-corrected chi connectivity index (χ3v) is 2.96. The largest absolute Gasteiger partial charge is 0.341 e. The summed E-state index contributed by atoms with van der Waals surface area (Å²) in [6, 6.07) is 0.168. The number of aromatic nitrogens is 2. The molecule has 0 saturated carbocycles. The molecule has 0 aromatic carbocycles. The Hall–Kier alpha value is -1.16. The maximum Gasteiger partial charge on any atom is 0.225 e. The summed E-state index contributed by atoms with van der Waals surface area (Å²) in [4.78, 5) is 11.1. The monoisotopic (exact) mass is 220 g/mol. The van der Waals surface area contributed by atoms with E-state index < -0.39 is 0 Å². The van der Waals surface area contributed by atoms with E-state index >= 15 is 0 Å². The zero-order chi connectivity index (χ0) is 11.5. The van der Waals surface area contributed by atoms with Gasteiger partial charge in [-0.05, 0) is 31.2 Å². The molecule has 1 saturated heterocycles. The van der Waals surface area contributed by atoms with Crippen molar-refractivity contribution >= 4 is 5.95 Å². The predicted molar refractivity (Wildman–Crippen MR) is 65.4 cm³/mol. The van der Waals surface area contributed by atoms with Gasteiger partial charge in [0.2, 0.25) is 5.95 Å². The van der Waals surface area contributed by atoms with Gasteiger partial charge >= 0.3 is 0 Å². The Bertz CT molecular complexity index is 333. The van der Waals surface area contributed by atoms with E-state index in [-0.39, 0.29) is 6.04 Å². The van der Waals surface area contributed by atoms with Gasteiger partial charge in [0.15, 0.2) is 0 Å². The van der Waals surface area contributed by atoms with E-state index in [4.69, 9.17) is 5.73 Å². The average molecular weight is 220 g/mol. The summed E-state index contributed by atoms with van der Waals surface area (Å²) < 4.78 is 0. The molecule has 4 heteroatoms. The van der Waals surface area contributed by atoms with Gasteiger partial charge in [-0.3, -0.25) is 0 Å². The summed E-state index contributed by atoms with van der Waals surface area (Å²) in [6.07, 6.45) is 5.88. The number of nitrogens with two attached hydrogens (primary N) is 1. The molecule has 0 bridgehead atoms. The van der Waals surface area contributed by atoms with Crippen LogP contribution < -0.4 is 10.6 Å². The first-order valence-electron chi connectivity index (χ1n) is 5.96. The Morgan fingerprint density at radius 1 is 1.50 bits per heavy atom. The van der Waals surface area contributed by atoms with Crippen LogP contribution in [-0.2, 0) is 6.42 Å². The Morgan fingerprint density at radius 2 is 2.19 bits per heavy atom. The van der Waals surface area contributed by atoms with Crippen molar-refractivity contribution in [3.63, 3.8) is 0 Å². The fourth-order valence-electron chi connectivity index (χ4n) is 2.11. The lowest BCUT2D eigenvalue weighted by Gasteiger charge is -2.15. The van der Waals surface area contributed by atoms with Gasteiger partial charge in [0.05, 0.1) is 0 Å². The molecule has 1 aromatic heterocycles. The highest BCUT2D eigenvalue weighted by molar-refractivity contribution is 5.31. The third-order valence-electron chi connectivity index (χ3n) is 2.96. The van der Waals surface area contributed by atoms with Crippen molar-refractivity contribution in [1.29, 1.82) is 0 Å². The molecule has 2 atom stereocenters. The molecule has 16 heavy (non-hydrogen) atoms. The Labute approximate surface area is 96.9 Å². The summed E-state index contributed by atoms with van der Waals surface area (Å²) in [5.74, 6) is 1.62. The van der Waals surface area contributed by atoms with Crippen LogP contribution in [0, 0.1) is 5.92 Å².